The van der Waals surface area contributed by atoms with E-state index in [9.17, 15) is 0 Å². The van der Waals surface area contributed by atoms with Crippen LogP contribution < -0.4 is 5.73 Å². The van der Waals surface area contributed by atoms with Gasteiger partial charge in [0.15, 0.2) is 0 Å². The lowest BCUT2D eigenvalue weighted by atomic mass is 10.4. The molecular weight excluding hydrogens is 188 g/mol. The van der Waals surface area contributed by atoms with Crippen molar-refractivity contribution < 1.29 is 0 Å². The third kappa shape index (κ3) is 2.79. The molecule has 0 amide bonds. The molecule has 1 heterocycles. The number of nitrogens with zero attached hydrogens (tertiary/aromatic N) is 3. The van der Waals surface area contributed by atoms with E-state index in [1.807, 2.05) is 6.33 Å². The molecule has 0 aromatic carbocycles. The molecule has 1 aromatic rings. The van der Waals surface area contributed by atoms with Crippen molar-refractivity contribution in [3.63, 3.8) is 0 Å². The van der Waals surface area contributed by atoms with Crippen LogP contribution in [0.2, 0.25) is 0 Å². The smallest absolute Gasteiger partial charge is 0.0950 e. The summed E-state index contributed by atoms with van der Waals surface area (Å²) in [5.74, 6) is 0. The number of hydrogen-bond donors (Lipinski definition) is 1. The van der Waals surface area contributed by atoms with Gasteiger partial charge >= 0.3 is 0 Å². The van der Waals surface area contributed by atoms with Gasteiger partial charge in [-0.3, -0.25) is 4.90 Å². The molecule has 1 saturated carbocycles. The molecule has 84 valence electrons. The van der Waals surface area contributed by atoms with Crippen molar-refractivity contribution in [3.8, 4) is 0 Å². The Morgan fingerprint density at radius 1 is 1.60 bits per heavy atom. The first-order valence-electron chi connectivity index (χ1n) is 5.78. The number of aromatic nitrogens is 2. The summed E-state index contributed by atoms with van der Waals surface area (Å²) in [5.41, 5.74) is 6.66. The minimum absolute atomic E-state index is 0.677. The van der Waals surface area contributed by atoms with Crippen LogP contribution in [0.5, 0.6) is 0 Å². The first-order valence-corrected chi connectivity index (χ1v) is 5.78. The topological polar surface area (TPSA) is 47.1 Å². The van der Waals surface area contributed by atoms with E-state index in [1.165, 1.54) is 12.8 Å². The summed E-state index contributed by atoms with van der Waals surface area (Å²) in [7, 11) is 0. The standard InChI is InChI=1S/C11H20N4/c1-2-15(11-3-4-11)8-10-7-14(6-5-12)9-13-10/h7,9,11H,2-6,8,12H2,1H3. The van der Waals surface area contributed by atoms with E-state index < -0.39 is 0 Å². The molecule has 2 rings (SSSR count). The summed E-state index contributed by atoms with van der Waals surface area (Å²) in [6.07, 6.45) is 6.70. The largest absolute Gasteiger partial charge is 0.336 e. The van der Waals surface area contributed by atoms with Crippen molar-refractivity contribution in [2.45, 2.75) is 38.9 Å². The first-order chi connectivity index (χ1) is 7.33. The zero-order chi connectivity index (χ0) is 10.7. The van der Waals surface area contributed by atoms with Crippen molar-refractivity contribution in [3.05, 3.63) is 18.2 Å². The molecule has 0 saturated heterocycles. The predicted molar refractivity (Wildman–Crippen MR) is 60.4 cm³/mol. The van der Waals surface area contributed by atoms with Gasteiger partial charge in [-0.15, -0.1) is 0 Å². The van der Waals surface area contributed by atoms with Crippen molar-refractivity contribution >= 4 is 0 Å². The molecule has 15 heavy (non-hydrogen) atoms. The van der Waals surface area contributed by atoms with Crippen molar-refractivity contribution in [1.82, 2.24) is 14.5 Å². The van der Waals surface area contributed by atoms with Gasteiger partial charge in [0.1, 0.15) is 0 Å². The summed E-state index contributed by atoms with van der Waals surface area (Å²) in [5, 5.41) is 0. The molecule has 1 aliphatic rings. The van der Waals surface area contributed by atoms with Crippen LogP contribution in [0.3, 0.4) is 0 Å². The third-order valence-corrected chi connectivity index (χ3v) is 2.91. The molecule has 2 N–H and O–H groups in total. The Balaban J connectivity index is 1.90. The van der Waals surface area contributed by atoms with Crippen molar-refractivity contribution in [2.24, 2.45) is 5.73 Å². The highest BCUT2D eigenvalue weighted by Crippen LogP contribution is 2.27. The number of nitrogens with two attached hydrogens (primary N) is 1. The van der Waals surface area contributed by atoms with E-state index in [-0.39, 0.29) is 0 Å². The molecule has 4 heteroatoms. The number of hydrogen-bond acceptors (Lipinski definition) is 3. The number of imidazole rings is 1. The maximum absolute atomic E-state index is 5.50. The van der Waals surface area contributed by atoms with E-state index >= 15 is 0 Å². The molecule has 0 spiro atoms. The first kappa shape index (κ1) is 10.6. The molecule has 0 unspecified atom stereocenters. The fourth-order valence-electron chi connectivity index (χ4n) is 1.91. The van der Waals surface area contributed by atoms with Crippen LogP contribution in [-0.2, 0) is 13.1 Å². The lowest BCUT2D eigenvalue weighted by Crippen LogP contribution is -2.25. The fourth-order valence-corrected chi connectivity index (χ4v) is 1.91. The third-order valence-electron chi connectivity index (χ3n) is 2.91. The molecule has 1 aromatic heterocycles. The Morgan fingerprint density at radius 3 is 3.00 bits per heavy atom. The highest BCUT2D eigenvalue weighted by atomic mass is 15.2. The van der Waals surface area contributed by atoms with E-state index in [2.05, 4.69) is 27.6 Å². The SMILES string of the molecule is CCN(Cc1cn(CCN)cn1)C1CC1. The normalized spacial score (nSPS) is 16.2. The Kier molecular flexibility index (Phi) is 3.38. The van der Waals surface area contributed by atoms with Crippen molar-refractivity contribution in [1.29, 1.82) is 0 Å². The van der Waals surface area contributed by atoms with Gasteiger partial charge in [0.05, 0.1) is 12.0 Å². The van der Waals surface area contributed by atoms with Gasteiger partial charge in [-0.2, -0.15) is 0 Å². The van der Waals surface area contributed by atoms with Gasteiger partial charge in [0.2, 0.25) is 0 Å². The second-order valence-corrected chi connectivity index (χ2v) is 4.19. The molecule has 1 fully saturated rings. The van der Waals surface area contributed by atoms with Crippen molar-refractivity contribution in [2.75, 3.05) is 13.1 Å². The quantitative estimate of drug-likeness (QED) is 0.753. The highest BCUT2D eigenvalue weighted by Gasteiger charge is 2.27. The zero-order valence-electron chi connectivity index (χ0n) is 9.39. The summed E-state index contributed by atoms with van der Waals surface area (Å²) in [6.45, 7) is 5.86. The zero-order valence-corrected chi connectivity index (χ0v) is 9.39. The Bertz CT molecular complexity index is 303. The summed E-state index contributed by atoms with van der Waals surface area (Å²) >= 11 is 0. The monoisotopic (exact) mass is 208 g/mol. The summed E-state index contributed by atoms with van der Waals surface area (Å²) in [4.78, 5) is 6.89. The molecule has 0 bridgehead atoms. The van der Waals surface area contributed by atoms with Gasteiger partial charge in [-0.05, 0) is 19.4 Å². The second kappa shape index (κ2) is 4.77. The Morgan fingerprint density at radius 2 is 2.40 bits per heavy atom. The van der Waals surface area contributed by atoms with Crippen LogP contribution >= 0.6 is 0 Å². The van der Waals surface area contributed by atoms with Gasteiger partial charge in [-0.1, -0.05) is 6.92 Å². The van der Waals surface area contributed by atoms with E-state index in [0.29, 0.717) is 6.54 Å². The molecule has 0 radical (unpaired) electrons. The lowest BCUT2D eigenvalue weighted by Gasteiger charge is -2.17. The van der Waals surface area contributed by atoms with Crippen LogP contribution in [0.1, 0.15) is 25.5 Å². The maximum atomic E-state index is 5.50. The van der Waals surface area contributed by atoms with Crippen LogP contribution in [-0.4, -0.2) is 33.6 Å². The van der Waals surface area contributed by atoms with Crippen LogP contribution in [0, 0.1) is 0 Å². The summed E-state index contributed by atoms with van der Waals surface area (Å²) in [6, 6.07) is 0.814. The van der Waals surface area contributed by atoms with E-state index in [4.69, 9.17) is 5.73 Å². The predicted octanol–water partition coefficient (Wildman–Crippen LogP) is 0.826. The van der Waals surface area contributed by atoms with Crippen LogP contribution in [0.4, 0.5) is 0 Å². The van der Waals surface area contributed by atoms with E-state index in [0.717, 1.165) is 31.4 Å². The molecule has 1 aliphatic carbocycles. The van der Waals surface area contributed by atoms with Gasteiger partial charge in [-0.25, -0.2) is 4.98 Å². The summed E-state index contributed by atoms with van der Waals surface area (Å²) < 4.78 is 2.07. The van der Waals surface area contributed by atoms with E-state index in [1.54, 1.807) is 0 Å². The Labute approximate surface area is 91.1 Å². The molecule has 0 atom stereocenters. The van der Waals surface area contributed by atoms with Crippen LogP contribution in [0.15, 0.2) is 12.5 Å². The molecular formula is C11H20N4. The Hall–Kier alpha value is -0.870. The maximum Gasteiger partial charge on any atom is 0.0950 e. The van der Waals surface area contributed by atoms with Gasteiger partial charge in [0.25, 0.3) is 0 Å². The van der Waals surface area contributed by atoms with Crippen LogP contribution in [0.25, 0.3) is 0 Å². The fraction of sp³-hybridized carbons (Fsp3) is 0.727. The van der Waals surface area contributed by atoms with Gasteiger partial charge < -0.3 is 10.3 Å². The molecule has 4 nitrogen and oxygen atoms in total. The number of rotatable bonds is 6. The average molecular weight is 208 g/mol. The van der Waals surface area contributed by atoms with Gasteiger partial charge in [0, 0.05) is 31.9 Å². The average Bonchev–Trinajstić information content (AvgIpc) is 2.98. The second-order valence-electron chi connectivity index (χ2n) is 4.19. The minimum Gasteiger partial charge on any atom is -0.336 e. The minimum atomic E-state index is 0.677. The lowest BCUT2D eigenvalue weighted by molar-refractivity contribution is 0.266. The highest BCUT2D eigenvalue weighted by molar-refractivity contribution is 4.98. The molecule has 0 aliphatic heterocycles.